The topological polar surface area (TPSA) is 96.4 Å². The van der Waals surface area contributed by atoms with E-state index in [1.54, 1.807) is 10.6 Å². The zero-order valence-electron chi connectivity index (χ0n) is 15.3. The van der Waals surface area contributed by atoms with E-state index in [1.807, 2.05) is 55.5 Å². The molecular formula is C20H19N5O2S. The van der Waals surface area contributed by atoms with Crippen LogP contribution in [0, 0.1) is 0 Å². The summed E-state index contributed by atoms with van der Waals surface area (Å²) in [5, 5.41) is 7.62. The van der Waals surface area contributed by atoms with Crippen LogP contribution in [0.1, 0.15) is 23.6 Å². The smallest absolute Gasteiger partial charge is 0.309 e. The molecule has 0 amide bonds. The Morgan fingerprint density at radius 3 is 2.64 bits per heavy atom. The van der Waals surface area contributed by atoms with Crippen LogP contribution in [-0.2, 0) is 13.0 Å². The number of aryl methyl sites for hydroxylation is 1. The third-order valence-electron chi connectivity index (χ3n) is 4.49. The highest BCUT2D eigenvalue weighted by Crippen LogP contribution is 2.31. The van der Waals surface area contributed by atoms with Gasteiger partial charge in [-0.15, -0.1) is 5.10 Å². The summed E-state index contributed by atoms with van der Waals surface area (Å²) in [6.07, 6.45) is 0.729. The minimum Gasteiger partial charge on any atom is -0.309 e. The largest absolute Gasteiger partial charge is 0.343 e. The van der Waals surface area contributed by atoms with E-state index >= 15 is 0 Å². The van der Waals surface area contributed by atoms with Crippen molar-refractivity contribution in [1.29, 1.82) is 0 Å². The molecule has 2 aromatic heterocycles. The molecule has 4 rings (SSSR count). The van der Waals surface area contributed by atoms with E-state index in [0.717, 1.165) is 12.0 Å². The summed E-state index contributed by atoms with van der Waals surface area (Å²) in [6, 6.07) is 17.2. The van der Waals surface area contributed by atoms with Crippen LogP contribution in [0.5, 0.6) is 0 Å². The quantitative estimate of drug-likeness (QED) is 0.491. The van der Waals surface area contributed by atoms with Gasteiger partial charge >= 0.3 is 5.69 Å². The fraction of sp³-hybridized carbons (Fsp3) is 0.200. The molecule has 4 aromatic rings. The molecule has 142 valence electrons. The van der Waals surface area contributed by atoms with E-state index in [-0.39, 0.29) is 16.5 Å². The standard InChI is InChI=1S/C20H19N5O2S/c1-13(17-21-16-10-6-5-9-15(16)18(26)22-17)28-20-24-23-19(27)25(20)12-11-14-7-3-2-4-8-14/h2-10,13H,11-12H2,1H3,(H,23,27)(H,21,22,26). The summed E-state index contributed by atoms with van der Waals surface area (Å²) < 4.78 is 1.62. The van der Waals surface area contributed by atoms with Crippen molar-refractivity contribution in [2.45, 2.75) is 30.3 Å². The molecule has 0 aliphatic rings. The van der Waals surface area contributed by atoms with Crippen molar-refractivity contribution < 1.29 is 0 Å². The minimum absolute atomic E-state index is 0.170. The molecule has 0 fully saturated rings. The second-order valence-electron chi connectivity index (χ2n) is 6.43. The minimum atomic E-state index is -0.245. The lowest BCUT2D eigenvalue weighted by atomic mass is 10.1. The molecule has 0 spiro atoms. The molecular weight excluding hydrogens is 374 g/mol. The molecule has 1 unspecified atom stereocenters. The number of H-pyrrole nitrogens is 2. The summed E-state index contributed by atoms with van der Waals surface area (Å²) in [5.41, 5.74) is 1.39. The molecule has 2 aromatic carbocycles. The SMILES string of the molecule is CC(Sc1n[nH]c(=O)n1CCc1ccccc1)c1nc2ccccc2c(=O)[nH]1. The molecule has 0 radical (unpaired) electrons. The predicted octanol–water partition coefficient (Wildman–Crippen LogP) is 2.90. The van der Waals surface area contributed by atoms with Gasteiger partial charge in [0.25, 0.3) is 5.56 Å². The summed E-state index contributed by atoms with van der Waals surface area (Å²) >= 11 is 1.38. The van der Waals surface area contributed by atoms with Crippen LogP contribution in [0.2, 0.25) is 0 Å². The normalized spacial score (nSPS) is 12.3. The first kappa shape index (κ1) is 18.2. The van der Waals surface area contributed by atoms with Crippen molar-refractivity contribution in [3.05, 3.63) is 86.8 Å². The Kier molecular flexibility index (Phi) is 5.12. The highest BCUT2D eigenvalue weighted by molar-refractivity contribution is 7.99. The van der Waals surface area contributed by atoms with Gasteiger partial charge in [0, 0.05) is 6.54 Å². The van der Waals surface area contributed by atoms with Crippen LogP contribution in [-0.4, -0.2) is 24.7 Å². The Balaban J connectivity index is 1.56. The number of nitrogens with zero attached hydrogens (tertiary/aromatic N) is 3. The number of aromatic amines is 2. The van der Waals surface area contributed by atoms with Gasteiger partial charge in [-0.2, -0.15) is 0 Å². The van der Waals surface area contributed by atoms with Crippen LogP contribution >= 0.6 is 11.8 Å². The molecule has 8 heteroatoms. The zero-order valence-corrected chi connectivity index (χ0v) is 16.1. The molecule has 28 heavy (non-hydrogen) atoms. The van der Waals surface area contributed by atoms with Gasteiger partial charge in [0.2, 0.25) is 0 Å². The van der Waals surface area contributed by atoms with Crippen molar-refractivity contribution in [3.63, 3.8) is 0 Å². The molecule has 0 saturated heterocycles. The lowest BCUT2D eigenvalue weighted by Crippen LogP contribution is -2.19. The van der Waals surface area contributed by atoms with Crippen LogP contribution < -0.4 is 11.2 Å². The van der Waals surface area contributed by atoms with Crippen LogP contribution in [0.4, 0.5) is 0 Å². The van der Waals surface area contributed by atoms with Gasteiger partial charge in [0.15, 0.2) is 5.16 Å². The van der Waals surface area contributed by atoms with Crippen molar-refractivity contribution >= 4 is 22.7 Å². The molecule has 0 bridgehead atoms. The Morgan fingerprint density at radius 1 is 1.07 bits per heavy atom. The fourth-order valence-corrected chi connectivity index (χ4v) is 3.93. The molecule has 2 heterocycles. The number of thioether (sulfide) groups is 1. The Labute approximate surface area is 164 Å². The Bertz CT molecular complexity index is 1210. The second kappa shape index (κ2) is 7.85. The third-order valence-corrected chi connectivity index (χ3v) is 5.59. The molecule has 0 saturated carbocycles. The number of para-hydroxylation sites is 1. The number of fused-ring (bicyclic) bond motifs is 1. The van der Waals surface area contributed by atoms with E-state index in [1.165, 1.54) is 11.8 Å². The molecule has 7 nitrogen and oxygen atoms in total. The van der Waals surface area contributed by atoms with E-state index in [2.05, 4.69) is 20.2 Å². The average molecular weight is 393 g/mol. The summed E-state index contributed by atoms with van der Waals surface area (Å²) in [5.74, 6) is 0.554. The van der Waals surface area contributed by atoms with Crippen molar-refractivity contribution in [1.82, 2.24) is 24.7 Å². The summed E-state index contributed by atoms with van der Waals surface area (Å²) in [4.78, 5) is 31.9. The van der Waals surface area contributed by atoms with Crippen molar-refractivity contribution in [3.8, 4) is 0 Å². The maximum Gasteiger partial charge on any atom is 0.343 e. The van der Waals surface area contributed by atoms with Crippen LogP contribution in [0.25, 0.3) is 10.9 Å². The summed E-state index contributed by atoms with van der Waals surface area (Å²) in [7, 11) is 0. The Hall–Kier alpha value is -3.13. The van der Waals surface area contributed by atoms with Gasteiger partial charge in [-0.05, 0) is 31.0 Å². The van der Waals surface area contributed by atoms with E-state index < -0.39 is 0 Å². The number of rotatable bonds is 6. The van der Waals surface area contributed by atoms with Gasteiger partial charge in [0.05, 0.1) is 16.2 Å². The monoisotopic (exact) mass is 393 g/mol. The van der Waals surface area contributed by atoms with E-state index in [4.69, 9.17) is 0 Å². The van der Waals surface area contributed by atoms with Crippen LogP contribution in [0.3, 0.4) is 0 Å². The Morgan fingerprint density at radius 2 is 1.82 bits per heavy atom. The number of hydrogen-bond donors (Lipinski definition) is 2. The molecule has 0 aliphatic carbocycles. The molecule has 2 N–H and O–H groups in total. The lowest BCUT2D eigenvalue weighted by molar-refractivity contribution is 0.614. The van der Waals surface area contributed by atoms with Crippen molar-refractivity contribution in [2.75, 3.05) is 0 Å². The number of nitrogens with one attached hydrogen (secondary N) is 2. The van der Waals surface area contributed by atoms with Gasteiger partial charge in [-0.1, -0.05) is 54.2 Å². The predicted molar refractivity (Wildman–Crippen MR) is 110 cm³/mol. The molecule has 0 aliphatic heterocycles. The fourth-order valence-electron chi connectivity index (χ4n) is 2.99. The van der Waals surface area contributed by atoms with Gasteiger partial charge in [-0.3, -0.25) is 9.36 Å². The highest BCUT2D eigenvalue weighted by Gasteiger charge is 2.17. The number of benzene rings is 2. The third kappa shape index (κ3) is 3.77. The summed E-state index contributed by atoms with van der Waals surface area (Å²) in [6.45, 7) is 2.45. The first-order valence-electron chi connectivity index (χ1n) is 8.96. The first-order valence-corrected chi connectivity index (χ1v) is 9.84. The zero-order chi connectivity index (χ0) is 19.5. The highest BCUT2D eigenvalue weighted by atomic mass is 32.2. The maximum atomic E-state index is 12.3. The van der Waals surface area contributed by atoms with Crippen LogP contribution in [0.15, 0.2) is 69.3 Å². The van der Waals surface area contributed by atoms with Gasteiger partial charge < -0.3 is 4.98 Å². The first-order chi connectivity index (χ1) is 13.6. The number of hydrogen-bond acceptors (Lipinski definition) is 5. The van der Waals surface area contributed by atoms with Gasteiger partial charge in [-0.25, -0.2) is 14.9 Å². The maximum absolute atomic E-state index is 12.3. The van der Waals surface area contributed by atoms with Crippen molar-refractivity contribution in [2.24, 2.45) is 0 Å². The number of aromatic nitrogens is 5. The second-order valence-corrected chi connectivity index (χ2v) is 7.73. The average Bonchev–Trinajstić information content (AvgIpc) is 3.06. The van der Waals surface area contributed by atoms with E-state index in [0.29, 0.717) is 28.4 Å². The lowest BCUT2D eigenvalue weighted by Gasteiger charge is -2.11. The molecule has 1 atom stereocenters. The van der Waals surface area contributed by atoms with E-state index in [9.17, 15) is 9.59 Å². The van der Waals surface area contributed by atoms with Gasteiger partial charge in [0.1, 0.15) is 5.82 Å².